The van der Waals surface area contributed by atoms with Gasteiger partial charge in [-0.1, -0.05) is 27.2 Å². The average Bonchev–Trinajstić information content (AvgIpc) is 3.01. The molecule has 1 saturated carbocycles. The summed E-state index contributed by atoms with van der Waals surface area (Å²) >= 11 is 0. The summed E-state index contributed by atoms with van der Waals surface area (Å²) in [4.78, 5) is 13.7. The molecule has 0 aromatic heterocycles. The second kappa shape index (κ2) is 10.4. The zero-order valence-corrected chi connectivity index (χ0v) is 25.1. The van der Waals surface area contributed by atoms with Crippen molar-refractivity contribution in [1.29, 1.82) is 0 Å². The number of fused-ring (bicyclic) bond motifs is 1. The topological polar surface area (TPSA) is 93.1 Å². The molecular weight excluding hydrogens is 535 g/mol. The Kier molecular flexibility index (Phi) is 8.43. The van der Waals surface area contributed by atoms with Crippen LogP contribution in [0.15, 0.2) is 6.07 Å². The molecule has 0 radical (unpaired) electrons. The third-order valence-electron chi connectivity index (χ3n) is 7.72. The number of benzene rings is 1. The van der Waals surface area contributed by atoms with Crippen LogP contribution in [0.5, 0.6) is 5.75 Å². The van der Waals surface area contributed by atoms with Crippen molar-refractivity contribution in [2.24, 2.45) is 17.8 Å². The monoisotopic (exact) mass is 577 g/mol. The average molecular weight is 578 g/mol. The number of aryl methyl sites for hydroxylation is 1. The van der Waals surface area contributed by atoms with Gasteiger partial charge in [-0.05, 0) is 83.8 Å². The van der Waals surface area contributed by atoms with Crippen molar-refractivity contribution in [3.63, 3.8) is 0 Å². The molecule has 11 heteroatoms. The first-order valence-corrected chi connectivity index (χ1v) is 14.9. The van der Waals surface area contributed by atoms with Gasteiger partial charge in [-0.2, -0.15) is 21.6 Å². The number of hydrogen-bond donors (Lipinski definition) is 1. The minimum Gasteiger partial charge on any atom is -0.507 e. The van der Waals surface area contributed by atoms with Gasteiger partial charge in [-0.25, -0.2) is 4.79 Å². The highest BCUT2D eigenvalue weighted by Crippen LogP contribution is 2.51. The Morgan fingerprint density at radius 3 is 2.28 bits per heavy atom. The van der Waals surface area contributed by atoms with E-state index in [1.807, 2.05) is 0 Å². The molecule has 4 atom stereocenters. The van der Waals surface area contributed by atoms with Crippen molar-refractivity contribution >= 4 is 21.7 Å². The summed E-state index contributed by atoms with van der Waals surface area (Å²) < 4.78 is 78.3. The third-order valence-corrected chi connectivity index (χ3v) is 9.47. The van der Waals surface area contributed by atoms with Gasteiger partial charge >= 0.3 is 21.5 Å². The number of rotatable bonds is 6. The maximum Gasteiger partial charge on any atom is 0.516 e. The van der Waals surface area contributed by atoms with E-state index in [0.717, 1.165) is 12.8 Å². The van der Waals surface area contributed by atoms with Crippen LogP contribution >= 0.6 is 0 Å². The summed E-state index contributed by atoms with van der Waals surface area (Å²) in [5, 5.41) is 11.4. The molecule has 1 aromatic rings. The molecule has 0 bridgehead atoms. The number of alkyl halides is 3. The van der Waals surface area contributed by atoms with Gasteiger partial charge in [0.1, 0.15) is 11.9 Å². The second-order valence-electron chi connectivity index (χ2n) is 13.1. The molecule has 1 N–H and O–H groups in total. The lowest BCUT2D eigenvalue weighted by molar-refractivity contribution is -0.179. The quantitative estimate of drug-likeness (QED) is 0.386. The number of aromatic hydroxyl groups is 1. The number of carbonyl (C=O) groups is 1. The van der Waals surface area contributed by atoms with Crippen LogP contribution in [0.25, 0.3) is 0 Å². The molecule has 3 rings (SSSR count). The summed E-state index contributed by atoms with van der Waals surface area (Å²) in [6.07, 6.45) is 0.765. The third kappa shape index (κ3) is 6.19. The highest BCUT2D eigenvalue weighted by molar-refractivity contribution is 7.93. The molecule has 0 spiro atoms. The smallest absolute Gasteiger partial charge is 0.507 e. The molecule has 1 aliphatic heterocycles. The lowest BCUT2D eigenvalue weighted by Gasteiger charge is -2.38. The molecule has 0 unspecified atom stereocenters. The molecular formula is C28H42F3NO6S. The zero-order valence-electron chi connectivity index (χ0n) is 24.3. The normalized spacial score (nSPS) is 24.5. The number of ether oxygens (including phenoxy) is 2. The van der Waals surface area contributed by atoms with Gasteiger partial charge < -0.3 is 14.6 Å². The fourth-order valence-corrected chi connectivity index (χ4v) is 7.30. The first-order chi connectivity index (χ1) is 17.6. The van der Waals surface area contributed by atoms with Gasteiger partial charge in [0.2, 0.25) is 0 Å². The summed E-state index contributed by atoms with van der Waals surface area (Å²) in [7, 11) is -5.75. The van der Waals surface area contributed by atoms with E-state index in [0.29, 0.717) is 16.6 Å². The Bertz CT molecular complexity index is 1200. The van der Waals surface area contributed by atoms with Crippen LogP contribution in [0.2, 0.25) is 0 Å². The van der Waals surface area contributed by atoms with Crippen LogP contribution in [0.1, 0.15) is 97.4 Å². The van der Waals surface area contributed by atoms with Gasteiger partial charge in [0, 0.05) is 17.5 Å². The van der Waals surface area contributed by atoms with Crippen LogP contribution in [0.3, 0.4) is 0 Å². The van der Waals surface area contributed by atoms with Crippen molar-refractivity contribution in [1.82, 2.24) is 0 Å². The van der Waals surface area contributed by atoms with E-state index in [9.17, 15) is 31.5 Å². The number of phenols is 1. The zero-order chi connectivity index (χ0) is 29.9. The molecule has 222 valence electrons. The Labute approximate surface area is 230 Å². The number of halogens is 3. The SMILES string of the molecule is Cc1cc2c(c(O)c1[C@H](OC(C)(C)C)C(=O)O[C@@H]1C[C@H](C)CC[C@H]1C(C)C)CC(C)(C)N2S(=O)(=O)C(F)(F)F. The standard InChI is InChI=1S/C28H42F3NO6S/c1-15(2)18-11-10-16(3)12-21(18)37-25(34)24(38-26(5,6)7)22-17(4)13-20-19(23(22)33)14-27(8,9)32(20)39(35,36)28(29,30)31/h13,15-16,18,21,24,33H,10-12,14H2,1-9H3/t16-,18+,21-,24+/m1/s1. The molecule has 0 amide bonds. The summed E-state index contributed by atoms with van der Waals surface area (Å²) in [5.74, 6) is -0.321. The Morgan fingerprint density at radius 1 is 1.18 bits per heavy atom. The van der Waals surface area contributed by atoms with Crippen LogP contribution in [0.4, 0.5) is 18.9 Å². The summed E-state index contributed by atoms with van der Waals surface area (Å²) in [6.45, 7) is 15.7. The maximum absolute atomic E-state index is 13.7. The number of nitrogens with zero attached hydrogens (tertiary/aromatic N) is 1. The number of carbonyl (C=O) groups excluding carboxylic acids is 1. The fraction of sp³-hybridized carbons (Fsp3) is 0.750. The number of phenolic OH excluding ortho intramolecular Hbond substituents is 1. The summed E-state index contributed by atoms with van der Waals surface area (Å²) in [6, 6.07) is 1.27. The lowest BCUT2D eigenvalue weighted by atomic mass is 9.75. The van der Waals surface area contributed by atoms with E-state index in [1.54, 1.807) is 20.8 Å². The van der Waals surface area contributed by atoms with E-state index in [1.165, 1.54) is 26.8 Å². The summed E-state index contributed by atoms with van der Waals surface area (Å²) in [5.41, 5.74) is -7.85. The van der Waals surface area contributed by atoms with Gasteiger partial charge in [0.05, 0.1) is 16.8 Å². The van der Waals surface area contributed by atoms with Crippen molar-refractivity contribution in [3.8, 4) is 5.75 Å². The molecule has 1 aromatic carbocycles. The molecule has 1 heterocycles. The van der Waals surface area contributed by atoms with Crippen molar-refractivity contribution in [3.05, 3.63) is 22.8 Å². The van der Waals surface area contributed by atoms with Crippen LogP contribution in [-0.2, 0) is 30.7 Å². The van der Waals surface area contributed by atoms with Crippen LogP contribution in [0, 0.1) is 24.7 Å². The van der Waals surface area contributed by atoms with E-state index in [2.05, 4.69) is 20.8 Å². The van der Waals surface area contributed by atoms with E-state index < -0.39 is 44.5 Å². The minimum absolute atomic E-state index is 0.00933. The molecule has 7 nitrogen and oxygen atoms in total. The second-order valence-corrected chi connectivity index (χ2v) is 14.8. The van der Waals surface area contributed by atoms with E-state index >= 15 is 0 Å². The van der Waals surface area contributed by atoms with Crippen molar-refractivity contribution in [2.45, 2.75) is 117 Å². The fourth-order valence-electron chi connectivity index (χ4n) is 5.96. The largest absolute Gasteiger partial charge is 0.516 e. The molecule has 2 aliphatic rings. The van der Waals surface area contributed by atoms with Gasteiger partial charge in [-0.15, -0.1) is 0 Å². The van der Waals surface area contributed by atoms with Crippen LogP contribution < -0.4 is 4.31 Å². The first-order valence-electron chi connectivity index (χ1n) is 13.4. The highest BCUT2D eigenvalue weighted by Gasteiger charge is 2.57. The number of anilines is 1. The van der Waals surface area contributed by atoms with Crippen molar-refractivity contribution < 1.29 is 41.0 Å². The highest BCUT2D eigenvalue weighted by atomic mass is 32.2. The number of sulfonamides is 1. The Hall–Kier alpha value is -2.01. The Morgan fingerprint density at radius 2 is 1.77 bits per heavy atom. The maximum atomic E-state index is 13.7. The molecule has 0 saturated heterocycles. The predicted molar refractivity (Wildman–Crippen MR) is 143 cm³/mol. The Balaban J connectivity index is 2.11. The van der Waals surface area contributed by atoms with Gasteiger partial charge in [0.15, 0.2) is 6.10 Å². The molecule has 39 heavy (non-hydrogen) atoms. The molecule has 1 aliphatic carbocycles. The van der Waals surface area contributed by atoms with Gasteiger partial charge in [0.25, 0.3) is 0 Å². The van der Waals surface area contributed by atoms with E-state index in [4.69, 9.17) is 9.47 Å². The lowest BCUT2D eigenvalue weighted by Crippen LogP contribution is -2.50. The predicted octanol–water partition coefficient (Wildman–Crippen LogP) is 6.55. The molecule has 1 fully saturated rings. The number of hydrogen-bond acceptors (Lipinski definition) is 6. The van der Waals surface area contributed by atoms with Crippen molar-refractivity contribution in [2.75, 3.05) is 4.31 Å². The minimum atomic E-state index is -5.75. The van der Waals surface area contributed by atoms with Crippen LogP contribution in [-0.4, -0.2) is 42.2 Å². The number of esters is 1. The van der Waals surface area contributed by atoms with E-state index in [-0.39, 0.29) is 46.7 Å². The van der Waals surface area contributed by atoms with Gasteiger partial charge in [-0.3, -0.25) is 4.31 Å². The first kappa shape index (κ1) is 31.5.